The molecule has 1 aliphatic heterocycles. The van der Waals surface area contributed by atoms with Crippen LogP contribution in [0.15, 0.2) is 30.6 Å². The van der Waals surface area contributed by atoms with Crippen LogP contribution in [0, 0.1) is 0 Å². The predicted octanol–water partition coefficient (Wildman–Crippen LogP) is 2.54. The Balaban J connectivity index is 1.68. The van der Waals surface area contributed by atoms with Crippen molar-refractivity contribution < 1.29 is 9.47 Å². The molecule has 2 aromatic rings. The molecule has 0 N–H and O–H groups in total. The molecule has 90 valence electrons. The molecular weight excluding hydrogens is 216 g/mol. The van der Waals surface area contributed by atoms with E-state index in [1.165, 1.54) is 6.42 Å². The summed E-state index contributed by atoms with van der Waals surface area (Å²) in [4.78, 5) is 4.32. The van der Waals surface area contributed by atoms with Crippen molar-refractivity contribution in [3.63, 3.8) is 0 Å². The number of nitrogens with zero attached hydrogens (tertiary/aromatic N) is 2. The first-order valence-corrected chi connectivity index (χ1v) is 6.06. The van der Waals surface area contributed by atoms with Crippen LogP contribution < -0.4 is 0 Å². The number of aromatic nitrogens is 2. The molecule has 0 spiro atoms. The first kappa shape index (κ1) is 10.7. The second kappa shape index (κ2) is 4.85. The van der Waals surface area contributed by atoms with Crippen molar-refractivity contribution in [2.45, 2.75) is 32.3 Å². The van der Waals surface area contributed by atoms with Gasteiger partial charge in [-0.15, -0.1) is 0 Å². The molecular formula is C13H16N2O2. The molecule has 1 aliphatic rings. The minimum absolute atomic E-state index is 0.0510. The van der Waals surface area contributed by atoms with Crippen LogP contribution in [0.3, 0.4) is 0 Å². The Labute approximate surface area is 100 Å². The zero-order valence-corrected chi connectivity index (χ0v) is 9.71. The zero-order chi connectivity index (χ0) is 11.5. The Morgan fingerprint density at radius 3 is 3.18 bits per heavy atom. The Bertz CT molecular complexity index is 489. The lowest BCUT2D eigenvalue weighted by molar-refractivity contribution is -0.180. The van der Waals surface area contributed by atoms with Gasteiger partial charge in [-0.3, -0.25) is 0 Å². The van der Waals surface area contributed by atoms with Crippen LogP contribution in [0.1, 0.15) is 19.3 Å². The zero-order valence-electron chi connectivity index (χ0n) is 9.71. The number of imidazole rings is 1. The molecule has 1 aromatic carbocycles. The van der Waals surface area contributed by atoms with Gasteiger partial charge in [-0.2, -0.15) is 0 Å². The van der Waals surface area contributed by atoms with Crippen LogP contribution in [0.2, 0.25) is 0 Å². The average molecular weight is 232 g/mol. The van der Waals surface area contributed by atoms with Crippen molar-refractivity contribution in [3.8, 4) is 0 Å². The Hall–Kier alpha value is -1.39. The molecule has 0 saturated carbocycles. The van der Waals surface area contributed by atoms with E-state index >= 15 is 0 Å². The lowest BCUT2D eigenvalue weighted by atomic mass is 10.2. The van der Waals surface area contributed by atoms with Crippen LogP contribution in [0.4, 0.5) is 0 Å². The third kappa shape index (κ3) is 2.33. The van der Waals surface area contributed by atoms with Crippen LogP contribution in [0.5, 0.6) is 0 Å². The van der Waals surface area contributed by atoms with E-state index in [4.69, 9.17) is 9.47 Å². The van der Waals surface area contributed by atoms with Crippen LogP contribution >= 0.6 is 0 Å². The second-order valence-electron chi connectivity index (χ2n) is 4.29. The third-order valence-corrected chi connectivity index (χ3v) is 3.06. The quantitative estimate of drug-likeness (QED) is 0.816. The van der Waals surface area contributed by atoms with Gasteiger partial charge in [0.25, 0.3) is 0 Å². The van der Waals surface area contributed by atoms with Gasteiger partial charge in [-0.1, -0.05) is 12.1 Å². The van der Waals surface area contributed by atoms with Gasteiger partial charge < -0.3 is 14.0 Å². The van der Waals surface area contributed by atoms with Gasteiger partial charge in [0.2, 0.25) is 0 Å². The molecule has 0 amide bonds. The van der Waals surface area contributed by atoms with Gasteiger partial charge in [0.05, 0.1) is 17.4 Å². The molecule has 0 radical (unpaired) electrons. The smallest absolute Gasteiger partial charge is 0.159 e. The van der Waals surface area contributed by atoms with Gasteiger partial charge in [0.15, 0.2) is 6.29 Å². The maximum Gasteiger partial charge on any atom is 0.159 e. The minimum atomic E-state index is -0.0510. The van der Waals surface area contributed by atoms with Crippen molar-refractivity contribution in [2.75, 3.05) is 6.61 Å². The van der Waals surface area contributed by atoms with Crippen LogP contribution in [0.25, 0.3) is 11.0 Å². The van der Waals surface area contributed by atoms with Crippen molar-refractivity contribution in [3.05, 3.63) is 30.6 Å². The summed E-state index contributed by atoms with van der Waals surface area (Å²) in [7, 11) is 0. The van der Waals surface area contributed by atoms with Gasteiger partial charge in [-0.05, 0) is 31.4 Å². The molecule has 0 bridgehead atoms. The molecule has 1 aromatic heterocycles. The monoisotopic (exact) mass is 232 g/mol. The van der Waals surface area contributed by atoms with Crippen LogP contribution in [-0.2, 0) is 16.2 Å². The lowest BCUT2D eigenvalue weighted by Crippen LogP contribution is -2.23. The third-order valence-electron chi connectivity index (χ3n) is 3.06. The van der Waals surface area contributed by atoms with E-state index in [9.17, 15) is 0 Å². The van der Waals surface area contributed by atoms with E-state index in [2.05, 4.69) is 4.98 Å². The summed E-state index contributed by atoms with van der Waals surface area (Å²) in [5, 5.41) is 0. The van der Waals surface area contributed by atoms with Crippen molar-refractivity contribution in [1.82, 2.24) is 9.55 Å². The van der Waals surface area contributed by atoms with Gasteiger partial charge in [0.1, 0.15) is 6.73 Å². The Morgan fingerprint density at radius 1 is 1.35 bits per heavy atom. The Morgan fingerprint density at radius 2 is 2.29 bits per heavy atom. The number of rotatable bonds is 3. The number of hydrogen-bond acceptors (Lipinski definition) is 3. The van der Waals surface area contributed by atoms with Crippen molar-refractivity contribution >= 4 is 11.0 Å². The summed E-state index contributed by atoms with van der Waals surface area (Å²) in [5.41, 5.74) is 2.10. The molecule has 4 heteroatoms. The molecule has 4 nitrogen and oxygen atoms in total. The molecule has 1 saturated heterocycles. The highest BCUT2D eigenvalue weighted by Gasteiger charge is 2.14. The summed E-state index contributed by atoms with van der Waals surface area (Å²) < 4.78 is 13.3. The van der Waals surface area contributed by atoms with Gasteiger partial charge in [0, 0.05) is 6.61 Å². The van der Waals surface area contributed by atoms with Gasteiger partial charge in [-0.25, -0.2) is 4.98 Å². The SMILES string of the molecule is c1ccc2c(c1)ncn2COC1CCCCO1. The summed E-state index contributed by atoms with van der Waals surface area (Å²) in [6.07, 6.45) is 5.09. The lowest BCUT2D eigenvalue weighted by Gasteiger charge is -2.22. The fourth-order valence-electron chi connectivity index (χ4n) is 2.12. The molecule has 1 atom stereocenters. The highest BCUT2D eigenvalue weighted by molar-refractivity contribution is 5.74. The second-order valence-corrected chi connectivity index (χ2v) is 4.29. The number of para-hydroxylation sites is 2. The van der Waals surface area contributed by atoms with Crippen molar-refractivity contribution in [2.24, 2.45) is 0 Å². The maximum absolute atomic E-state index is 5.74. The topological polar surface area (TPSA) is 36.3 Å². The molecule has 3 rings (SSSR count). The highest BCUT2D eigenvalue weighted by Crippen LogP contribution is 2.16. The number of ether oxygens (including phenoxy) is 2. The summed E-state index contributed by atoms with van der Waals surface area (Å²) >= 11 is 0. The first-order valence-electron chi connectivity index (χ1n) is 6.06. The normalized spacial score (nSPS) is 20.8. The van der Waals surface area contributed by atoms with E-state index in [1.807, 2.05) is 35.2 Å². The predicted molar refractivity (Wildman–Crippen MR) is 64.4 cm³/mol. The standard InChI is InChI=1S/C13H16N2O2/c1-2-6-12-11(5-1)14-9-15(12)10-17-13-7-3-4-8-16-13/h1-2,5-6,9,13H,3-4,7-8,10H2. The number of fused-ring (bicyclic) bond motifs is 1. The first-order chi connectivity index (χ1) is 8.43. The summed E-state index contributed by atoms with van der Waals surface area (Å²) in [5.74, 6) is 0. The minimum Gasteiger partial charge on any atom is -0.353 e. The van der Waals surface area contributed by atoms with E-state index in [0.717, 1.165) is 30.5 Å². The van der Waals surface area contributed by atoms with E-state index < -0.39 is 0 Å². The molecule has 2 heterocycles. The molecule has 1 fully saturated rings. The maximum atomic E-state index is 5.74. The highest BCUT2D eigenvalue weighted by atomic mass is 16.7. The van der Waals surface area contributed by atoms with Crippen molar-refractivity contribution in [1.29, 1.82) is 0 Å². The number of benzene rings is 1. The number of hydrogen-bond donors (Lipinski definition) is 0. The Kier molecular flexibility index (Phi) is 3.07. The average Bonchev–Trinajstić information content (AvgIpc) is 2.81. The van der Waals surface area contributed by atoms with E-state index in [0.29, 0.717) is 6.73 Å². The molecule has 1 unspecified atom stereocenters. The fraction of sp³-hybridized carbons (Fsp3) is 0.462. The fourth-order valence-corrected chi connectivity index (χ4v) is 2.12. The van der Waals surface area contributed by atoms with E-state index in [1.54, 1.807) is 0 Å². The van der Waals surface area contributed by atoms with Gasteiger partial charge >= 0.3 is 0 Å². The molecule has 17 heavy (non-hydrogen) atoms. The molecule has 0 aliphatic carbocycles. The largest absolute Gasteiger partial charge is 0.353 e. The van der Waals surface area contributed by atoms with Crippen LogP contribution in [-0.4, -0.2) is 22.4 Å². The summed E-state index contributed by atoms with van der Waals surface area (Å²) in [6.45, 7) is 1.32. The summed E-state index contributed by atoms with van der Waals surface area (Å²) in [6, 6.07) is 8.05. The van der Waals surface area contributed by atoms with E-state index in [-0.39, 0.29) is 6.29 Å².